The van der Waals surface area contributed by atoms with E-state index in [-0.39, 0.29) is 17.2 Å². The minimum absolute atomic E-state index is 0.0703. The molecule has 2 bridgehead atoms. The molecule has 1 aliphatic heterocycles. The van der Waals surface area contributed by atoms with Crippen LogP contribution in [0.25, 0.3) is 0 Å². The summed E-state index contributed by atoms with van der Waals surface area (Å²) in [7, 11) is 0. The highest BCUT2D eigenvalue weighted by atomic mass is 16.2. The molecule has 2 fully saturated rings. The van der Waals surface area contributed by atoms with Gasteiger partial charge in [-0.2, -0.15) is 0 Å². The molecular formula is C11H13NO2. The molecule has 0 unspecified atom stereocenters. The smallest absolute Gasteiger partial charge is 0.254 e. The Kier molecular flexibility index (Phi) is 1.45. The Bertz CT molecular complexity index is 348. The molecule has 0 spiro atoms. The molecule has 2 aliphatic carbocycles. The van der Waals surface area contributed by atoms with Crippen LogP contribution in [0.1, 0.15) is 32.1 Å². The first kappa shape index (κ1) is 8.21. The van der Waals surface area contributed by atoms with Crippen molar-refractivity contribution >= 4 is 11.8 Å². The minimum atomic E-state index is -0.227. The van der Waals surface area contributed by atoms with E-state index < -0.39 is 0 Å². The van der Waals surface area contributed by atoms with Crippen LogP contribution < -0.4 is 5.32 Å². The molecular weight excluding hydrogens is 178 g/mol. The van der Waals surface area contributed by atoms with Crippen LogP contribution in [0, 0.1) is 11.3 Å². The maximum absolute atomic E-state index is 11.6. The lowest BCUT2D eigenvalue weighted by Gasteiger charge is -2.26. The lowest BCUT2D eigenvalue weighted by molar-refractivity contribution is -0.124. The van der Waals surface area contributed by atoms with E-state index in [1.807, 2.05) is 0 Å². The van der Waals surface area contributed by atoms with Gasteiger partial charge in [0.2, 0.25) is 0 Å². The van der Waals surface area contributed by atoms with Gasteiger partial charge in [0.25, 0.3) is 11.8 Å². The molecule has 0 saturated heterocycles. The van der Waals surface area contributed by atoms with Gasteiger partial charge in [-0.05, 0) is 38.0 Å². The second-order valence-corrected chi connectivity index (χ2v) is 4.80. The van der Waals surface area contributed by atoms with Crippen molar-refractivity contribution in [2.24, 2.45) is 11.3 Å². The molecule has 2 saturated carbocycles. The molecule has 0 aromatic carbocycles. The van der Waals surface area contributed by atoms with Gasteiger partial charge >= 0.3 is 0 Å². The summed E-state index contributed by atoms with van der Waals surface area (Å²) in [4.78, 5) is 22.6. The van der Waals surface area contributed by atoms with Crippen LogP contribution in [0.2, 0.25) is 0 Å². The molecule has 0 radical (unpaired) electrons. The van der Waals surface area contributed by atoms with Gasteiger partial charge in [-0.25, -0.2) is 0 Å². The van der Waals surface area contributed by atoms with Gasteiger partial charge in [-0.15, -0.1) is 0 Å². The van der Waals surface area contributed by atoms with Crippen LogP contribution in [0.15, 0.2) is 11.6 Å². The van der Waals surface area contributed by atoms with Gasteiger partial charge in [-0.3, -0.25) is 14.9 Å². The fourth-order valence-electron chi connectivity index (χ4n) is 3.38. The maximum Gasteiger partial charge on any atom is 0.254 e. The summed E-state index contributed by atoms with van der Waals surface area (Å²) in [5.74, 6) is 0.437. The summed E-state index contributed by atoms with van der Waals surface area (Å²) < 4.78 is 0. The first-order valence-corrected chi connectivity index (χ1v) is 5.27. The fraction of sp³-hybridized carbons (Fsp3) is 0.636. The third-order valence-electron chi connectivity index (χ3n) is 4.07. The maximum atomic E-state index is 11.6. The molecule has 1 N–H and O–H groups in total. The average molecular weight is 191 g/mol. The van der Waals surface area contributed by atoms with E-state index in [0.717, 1.165) is 30.8 Å². The number of nitrogens with one attached hydrogen (secondary N) is 1. The summed E-state index contributed by atoms with van der Waals surface area (Å²) in [6, 6.07) is 0. The van der Waals surface area contributed by atoms with Crippen molar-refractivity contribution in [3.05, 3.63) is 11.6 Å². The van der Waals surface area contributed by atoms with Gasteiger partial charge < -0.3 is 0 Å². The number of hydrogen-bond acceptors (Lipinski definition) is 2. The average Bonchev–Trinajstić information content (AvgIpc) is 2.79. The Hall–Kier alpha value is -1.12. The van der Waals surface area contributed by atoms with Crippen molar-refractivity contribution in [1.29, 1.82) is 0 Å². The number of amides is 2. The van der Waals surface area contributed by atoms with Crippen LogP contribution in [0.3, 0.4) is 0 Å². The van der Waals surface area contributed by atoms with Crippen LogP contribution in [0.5, 0.6) is 0 Å². The van der Waals surface area contributed by atoms with Gasteiger partial charge in [0.15, 0.2) is 0 Å². The molecule has 3 rings (SSSR count). The first-order chi connectivity index (χ1) is 6.70. The standard InChI is InChI=1S/C11H13NO2/c13-9-5-8(10(14)12-9)11-3-1-7(6-11)2-4-11/h5,7H,1-4,6H2,(H,12,13,14). The number of imide groups is 1. The van der Waals surface area contributed by atoms with Gasteiger partial charge in [-0.1, -0.05) is 0 Å². The summed E-state index contributed by atoms with van der Waals surface area (Å²) in [5.41, 5.74) is 0.837. The second-order valence-electron chi connectivity index (χ2n) is 4.80. The number of fused-ring (bicyclic) bond motifs is 2. The summed E-state index contributed by atoms with van der Waals surface area (Å²) in [5, 5.41) is 2.35. The molecule has 3 heteroatoms. The number of rotatable bonds is 1. The Labute approximate surface area is 82.6 Å². The first-order valence-electron chi connectivity index (χ1n) is 5.27. The summed E-state index contributed by atoms with van der Waals surface area (Å²) in [6.07, 6.45) is 7.32. The SMILES string of the molecule is O=C1C=C(C23CCC(CC2)C3)C(=O)N1. The normalized spacial score (nSPS) is 40.3. The van der Waals surface area contributed by atoms with E-state index in [9.17, 15) is 9.59 Å². The van der Waals surface area contributed by atoms with E-state index in [1.54, 1.807) is 0 Å². The van der Waals surface area contributed by atoms with Crippen molar-refractivity contribution in [3.8, 4) is 0 Å². The lowest BCUT2D eigenvalue weighted by atomic mass is 9.77. The van der Waals surface area contributed by atoms with E-state index in [4.69, 9.17) is 0 Å². The van der Waals surface area contributed by atoms with Gasteiger partial charge in [0.05, 0.1) is 0 Å². The quantitative estimate of drug-likeness (QED) is 0.632. The Morgan fingerprint density at radius 2 is 2.00 bits per heavy atom. The monoisotopic (exact) mass is 191 g/mol. The van der Waals surface area contributed by atoms with Crippen molar-refractivity contribution in [3.63, 3.8) is 0 Å². The minimum Gasteiger partial charge on any atom is -0.289 e. The molecule has 2 amide bonds. The molecule has 3 aliphatic rings. The number of carbonyl (C=O) groups excluding carboxylic acids is 2. The van der Waals surface area contributed by atoms with E-state index in [2.05, 4.69) is 5.32 Å². The largest absolute Gasteiger partial charge is 0.289 e. The number of carbonyl (C=O) groups is 2. The second kappa shape index (κ2) is 2.47. The topological polar surface area (TPSA) is 46.2 Å². The van der Waals surface area contributed by atoms with Gasteiger partial charge in [0, 0.05) is 17.1 Å². The Morgan fingerprint density at radius 1 is 1.29 bits per heavy atom. The summed E-state index contributed by atoms with van der Waals surface area (Å²) >= 11 is 0. The van der Waals surface area contributed by atoms with Crippen molar-refractivity contribution in [2.75, 3.05) is 0 Å². The molecule has 1 heterocycles. The Balaban J connectivity index is 1.99. The zero-order valence-corrected chi connectivity index (χ0v) is 8.01. The van der Waals surface area contributed by atoms with Crippen molar-refractivity contribution in [1.82, 2.24) is 5.32 Å². The molecule has 0 atom stereocenters. The van der Waals surface area contributed by atoms with Crippen molar-refractivity contribution in [2.45, 2.75) is 32.1 Å². The Morgan fingerprint density at radius 3 is 2.43 bits per heavy atom. The van der Waals surface area contributed by atoms with Crippen LogP contribution in [-0.2, 0) is 9.59 Å². The van der Waals surface area contributed by atoms with Crippen LogP contribution >= 0.6 is 0 Å². The zero-order valence-electron chi connectivity index (χ0n) is 8.01. The molecule has 0 aromatic rings. The van der Waals surface area contributed by atoms with Crippen molar-refractivity contribution < 1.29 is 9.59 Å². The van der Waals surface area contributed by atoms with Crippen LogP contribution in [0.4, 0.5) is 0 Å². The third-order valence-corrected chi connectivity index (χ3v) is 4.07. The molecule has 14 heavy (non-hydrogen) atoms. The molecule has 0 aromatic heterocycles. The lowest BCUT2D eigenvalue weighted by Crippen LogP contribution is -2.28. The predicted molar refractivity (Wildman–Crippen MR) is 50.2 cm³/mol. The van der Waals surface area contributed by atoms with Crippen LogP contribution in [-0.4, -0.2) is 11.8 Å². The third kappa shape index (κ3) is 0.925. The highest BCUT2D eigenvalue weighted by Crippen LogP contribution is 2.58. The fourth-order valence-corrected chi connectivity index (χ4v) is 3.38. The molecule has 3 nitrogen and oxygen atoms in total. The van der Waals surface area contributed by atoms with E-state index in [0.29, 0.717) is 0 Å². The predicted octanol–water partition coefficient (Wildman–Crippen LogP) is 1.15. The molecule has 74 valence electrons. The summed E-state index contributed by atoms with van der Waals surface area (Å²) in [6.45, 7) is 0. The highest BCUT2D eigenvalue weighted by Gasteiger charge is 2.50. The van der Waals surface area contributed by atoms with E-state index >= 15 is 0 Å². The van der Waals surface area contributed by atoms with Gasteiger partial charge in [0.1, 0.15) is 0 Å². The zero-order chi connectivity index (χ0) is 9.76. The number of hydrogen-bond donors (Lipinski definition) is 1. The highest BCUT2D eigenvalue weighted by molar-refractivity contribution is 6.17. The van der Waals surface area contributed by atoms with E-state index in [1.165, 1.54) is 18.9 Å².